The van der Waals surface area contributed by atoms with Gasteiger partial charge in [-0.15, -0.1) is 0 Å². The number of hydrogen-bond donors (Lipinski definition) is 1. The van der Waals surface area contributed by atoms with Crippen molar-refractivity contribution in [1.82, 2.24) is 9.97 Å². The summed E-state index contributed by atoms with van der Waals surface area (Å²) >= 11 is 6.08. The van der Waals surface area contributed by atoms with E-state index in [2.05, 4.69) is 22.2 Å². The molecule has 5 heteroatoms. The quantitative estimate of drug-likeness (QED) is 0.892. The van der Waals surface area contributed by atoms with E-state index in [-0.39, 0.29) is 5.82 Å². The molecule has 0 aliphatic carbocycles. The van der Waals surface area contributed by atoms with Crippen LogP contribution in [-0.2, 0) is 6.42 Å². The van der Waals surface area contributed by atoms with Gasteiger partial charge in [0.2, 0.25) is 0 Å². The zero-order valence-electron chi connectivity index (χ0n) is 11.6. The highest BCUT2D eigenvalue weighted by atomic mass is 35.5. The Morgan fingerprint density at radius 3 is 2.65 bits per heavy atom. The molecule has 0 amide bonds. The molecular weight excluding hydrogens is 277 g/mol. The second-order valence-electron chi connectivity index (χ2n) is 4.47. The lowest BCUT2D eigenvalue weighted by atomic mass is 10.2. The Morgan fingerprint density at radius 1 is 1.20 bits per heavy atom. The zero-order chi connectivity index (χ0) is 14.5. The number of nitrogens with zero attached hydrogens (tertiary/aromatic N) is 2. The van der Waals surface area contributed by atoms with Crippen LogP contribution in [0.1, 0.15) is 26.0 Å². The molecule has 0 saturated heterocycles. The van der Waals surface area contributed by atoms with E-state index in [4.69, 9.17) is 11.6 Å². The minimum absolute atomic E-state index is 0.319. The van der Waals surface area contributed by atoms with Crippen LogP contribution in [0.15, 0.2) is 24.3 Å². The lowest BCUT2D eigenvalue weighted by molar-refractivity contribution is 0.628. The van der Waals surface area contributed by atoms with Crippen molar-refractivity contribution in [2.45, 2.75) is 26.7 Å². The smallest absolute Gasteiger partial charge is 0.163 e. The summed E-state index contributed by atoms with van der Waals surface area (Å²) in [5.41, 5.74) is 1.57. The summed E-state index contributed by atoms with van der Waals surface area (Å²) in [5, 5.41) is 3.56. The van der Waals surface area contributed by atoms with Gasteiger partial charge in [-0.05, 0) is 31.0 Å². The van der Waals surface area contributed by atoms with Gasteiger partial charge in [-0.3, -0.25) is 0 Å². The van der Waals surface area contributed by atoms with Gasteiger partial charge in [0.05, 0.1) is 5.02 Å². The van der Waals surface area contributed by atoms with Crippen LogP contribution in [0.3, 0.4) is 0 Å². The van der Waals surface area contributed by atoms with Crippen LogP contribution in [0.2, 0.25) is 5.02 Å². The number of anilines is 1. The van der Waals surface area contributed by atoms with Crippen molar-refractivity contribution in [3.63, 3.8) is 0 Å². The molecule has 0 atom stereocenters. The first-order valence-corrected chi connectivity index (χ1v) is 7.09. The molecule has 3 nitrogen and oxygen atoms in total. The lowest BCUT2D eigenvalue weighted by Crippen LogP contribution is -2.05. The van der Waals surface area contributed by atoms with Crippen molar-refractivity contribution in [1.29, 1.82) is 0 Å². The molecule has 20 heavy (non-hydrogen) atoms. The molecular formula is C15H17ClFN3. The molecule has 1 N–H and O–H groups in total. The predicted molar refractivity (Wildman–Crippen MR) is 80.6 cm³/mol. The van der Waals surface area contributed by atoms with Gasteiger partial charge in [-0.2, -0.15) is 0 Å². The number of halogens is 2. The fourth-order valence-corrected chi connectivity index (χ4v) is 2.07. The van der Waals surface area contributed by atoms with Gasteiger partial charge in [0.15, 0.2) is 5.82 Å². The molecule has 106 valence electrons. The summed E-state index contributed by atoms with van der Waals surface area (Å²) in [6.45, 7) is 4.96. The van der Waals surface area contributed by atoms with Gasteiger partial charge >= 0.3 is 0 Å². The largest absolute Gasteiger partial charge is 0.370 e. The summed E-state index contributed by atoms with van der Waals surface area (Å²) in [6, 6.07) is 6.17. The van der Waals surface area contributed by atoms with Crippen molar-refractivity contribution in [2.24, 2.45) is 0 Å². The molecule has 0 aliphatic heterocycles. The monoisotopic (exact) mass is 293 g/mol. The van der Waals surface area contributed by atoms with Crippen LogP contribution in [0.5, 0.6) is 0 Å². The molecule has 2 aromatic rings. The molecule has 1 aromatic carbocycles. The molecule has 0 aliphatic rings. The van der Waals surface area contributed by atoms with Gasteiger partial charge in [0, 0.05) is 23.9 Å². The number of rotatable bonds is 5. The lowest BCUT2D eigenvalue weighted by Gasteiger charge is -2.09. The van der Waals surface area contributed by atoms with Crippen molar-refractivity contribution in [3.8, 4) is 11.4 Å². The molecule has 0 radical (unpaired) electrons. The first kappa shape index (κ1) is 14.7. The standard InChI is InChI=1S/C15H17ClFN3/c1-3-7-18-14-9-11(4-2)19-15(20-14)12-6-5-10(17)8-13(12)16/h5-6,8-9H,3-4,7H2,1-2H3,(H,18,19,20). The van der Waals surface area contributed by atoms with Gasteiger partial charge in [-0.25, -0.2) is 14.4 Å². The Balaban J connectivity index is 2.44. The number of nitrogens with one attached hydrogen (secondary N) is 1. The molecule has 0 spiro atoms. The Hall–Kier alpha value is -1.68. The molecule has 0 bridgehead atoms. The summed E-state index contributed by atoms with van der Waals surface area (Å²) < 4.78 is 13.1. The molecule has 0 fully saturated rings. The van der Waals surface area contributed by atoms with E-state index in [9.17, 15) is 4.39 Å². The molecule has 2 rings (SSSR count). The van der Waals surface area contributed by atoms with Crippen LogP contribution in [0.25, 0.3) is 11.4 Å². The molecule has 0 saturated carbocycles. The highest BCUT2D eigenvalue weighted by Gasteiger charge is 2.10. The second kappa shape index (κ2) is 6.66. The van der Waals surface area contributed by atoms with Gasteiger partial charge in [0.25, 0.3) is 0 Å². The summed E-state index contributed by atoms with van der Waals surface area (Å²) in [5.74, 6) is 0.928. The van der Waals surface area contributed by atoms with Crippen LogP contribution in [0.4, 0.5) is 10.2 Å². The Labute approximate surface area is 123 Å². The second-order valence-corrected chi connectivity index (χ2v) is 4.88. The average Bonchev–Trinajstić information content (AvgIpc) is 2.44. The van der Waals surface area contributed by atoms with Crippen LogP contribution < -0.4 is 5.32 Å². The predicted octanol–water partition coefficient (Wildman–Crippen LogP) is 4.32. The van der Waals surface area contributed by atoms with E-state index >= 15 is 0 Å². The number of aromatic nitrogens is 2. The highest BCUT2D eigenvalue weighted by molar-refractivity contribution is 6.33. The number of hydrogen-bond acceptors (Lipinski definition) is 3. The van der Waals surface area contributed by atoms with E-state index < -0.39 is 0 Å². The molecule has 1 heterocycles. The van der Waals surface area contributed by atoms with E-state index in [0.717, 1.165) is 30.9 Å². The Bertz CT molecular complexity index is 602. The fourth-order valence-electron chi connectivity index (χ4n) is 1.81. The maximum absolute atomic E-state index is 13.1. The summed E-state index contributed by atoms with van der Waals surface area (Å²) in [4.78, 5) is 8.91. The van der Waals surface area contributed by atoms with E-state index in [0.29, 0.717) is 16.4 Å². The molecule has 1 aromatic heterocycles. The highest BCUT2D eigenvalue weighted by Crippen LogP contribution is 2.27. The third-order valence-electron chi connectivity index (χ3n) is 2.87. The minimum Gasteiger partial charge on any atom is -0.370 e. The fraction of sp³-hybridized carbons (Fsp3) is 0.333. The Kier molecular flexibility index (Phi) is 4.90. The molecule has 0 unspecified atom stereocenters. The first-order chi connectivity index (χ1) is 9.63. The maximum atomic E-state index is 13.1. The Morgan fingerprint density at radius 2 is 2.00 bits per heavy atom. The zero-order valence-corrected chi connectivity index (χ0v) is 12.3. The average molecular weight is 294 g/mol. The van der Waals surface area contributed by atoms with Gasteiger partial charge < -0.3 is 5.32 Å². The van der Waals surface area contributed by atoms with Crippen molar-refractivity contribution in [2.75, 3.05) is 11.9 Å². The first-order valence-electron chi connectivity index (χ1n) is 6.71. The number of benzene rings is 1. The maximum Gasteiger partial charge on any atom is 0.163 e. The normalized spacial score (nSPS) is 10.6. The third-order valence-corrected chi connectivity index (χ3v) is 3.18. The van der Waals surface area contributed by atoms with Crippen LogP contribution in [-0.4, -0.2) is 16.5 Å². The van der Waals surface area contributed by atoms with E-state index in [1.54, 1.807) is 6.07 Å². The topological polar surface area (TPSA) is 37.8 Å². The minimum atomic E-state index is -0.366. The summed E-state index contributed by atoms with van der Waals surface area (Å²) in [6.07, 6.45) is 1.81. The van der Waals surface area contributed by atoms with E-state index in [1.807, 2.05) is 13.0 Å². The van der Waals surface area contributed by atoms with Crippen LogP contribution in [0, 0.1) is 5.82 Å². The van der Waals surface area contributed by atoms with Crippen LogP contribution >= 0.6 is 11.6 Å². The SMILES string of the molecule is CCCNc1cc(CC)nc(-c2ccc(F)cc2Cl)n1. The van der Waals surface area contributed by atoms with Crippen molar-refractivity contribution < 1.29 is 4.39 Å². The van der Waals surface area contributed by atoms with Gasteiger partial charge in [-0.1, -0.05) is 25.4 Å². The van der Waals surface area contributed by atoms with Crippen molar-refractivity contribution >= 4 is 17.4 Å². The van der Waals surface area contributed by atoms with E-state index in [1.165, 1.54) is 12.1 Å². The number of aryl methyl sites for hydroxylation is 1. The van der Waals surface area contributed by atoms with Gasteiger partial charge in [0.1, 0.15) is 11.6 Å². The third kappa shape index (κ3) is 3.45. The van der Waals surface area contributed by atoms with Crippen molar-refractivity contribution in [3.05, 3.63) is 40.8 Å². The summed E-state index contributed by atoms with van der Waals surface area (Å²) in [7, 11) is 0.